The molecular weight excluding hydrogens is 755 g/mol. The number of methoxy groups -OCH3 is 1. The lowest BCUT2D eigenvalue weighted by atomic mass is 9.78. The fraction of sp³-hybridized carbons (Fsp3) is 0.417. The highest BCUT2D eigenvalue weighted by molar-refractivity contribution is 6.02. The number of rotatable bonds is 13. The highest BCUT2D eigenvalue weighted by Crippen LogP contribution is 2.56. The second-order valence-electron chi connectivity index (χ2n) is 17.4. The quantitative estimate of drug-likeness (QED) is 0.0870. The van der Waals surface area contributed by atoms with Crippen molar-refractivity contribution in [3.63, 3.8) is 0 Å². The van der Waals surface area contributed by atoms with E-state index in [2.05, 4.69) is 69.1 Å². The van der Waals surface area contributed by atoms with Crippen molar-refractivity contribution in [1.29, 1.82) is 0 Å². The molecule has 0 radical (unpaired) electrons. The minimum atomic E-state index is -0.686. The van der Waals surface area contributed by atoms with Gasteiger partial charge in [0.25, 0.3) is 0 Å². The maximum absolute atomic E-state index is 14.0. The van der Waals surface area contributed by atoms with Gasteiger partial charge >= 0.3 is 6.09 Å². The number of ketones is 1. The summed E-state index contributed by atoms with van der Waals surface area (Å²) in [6.45, 7) is 8.37. The average Bonchev–Trinajstić information content (AvgIpc) is 4.13. The Labute approximate surface area is 351 Å². The Kier molecular flexibility index (Phi) is 11.7. The van der Waals surface area contributed by atoms with E-state index in [1.165, 1.54) is 7.11 Å². The SMILES string of the molecule is COC(=O)N[C@H](C(=O)N1CCC[C@H]1c1ncc(-c2ccc(-c3ccc(-c4cnc([C@@H]5[C@H]6CC[C@H](C6)[C@H]5C(=O)N[C@@H](C(=O)c5ccccc5)C(C)C)[nH]4)cc3)cc2)[nH]1)C(C)C. The van der Waals surface area contributed by atoms with E-state index in [1.807, 2.05) is 75.3 Å². The molecule has 1 saturated heterocycles. The molecule has 12 heteroatoms. The third-order valence-electron chi connectivity index (χ3n) is 13.0. The lowest BCUT2D eigenvalue weighted by molar-refractivity contribution is -0.135. The Morgan fingerprint density at radius 2 is 1.27 bits per heavy atom. The van der Waals surface area contributed by atoms with Crippen molar-refractivity contribution in [3.05, 3.63) is 108 Å². The molecule has 2 bridgehead atoms. The Morgan fingerprint density at radius 1 is 0.700 bits per heavy atom. The highest BCUT2D eigenvalue weighted by Gasteiger charge is 2.53. The molecule has 1 aliphatic heterocycles. The zero-order valence-corrected chi connectivity index (χ0v) is 35.0. The molecular formula is C48H55N7O5. The topological polar surface area (TPSA) is 162 Å². The summed E-state index contributed by atoms with van der Waals surface area (Å²) in [7, 11) is 1.29. The normalized spacial score (nSPS) is 21.9. The van der Waals surface area contributed by atoms with E-state index >= 15 is 0 Å². The molecule has 60 heavy (non-hydrogen) atoms. The number of imidazole rings is 2. The van der Waals surface area contributed by atoms with Crippen LogP contribution in [0.4, 0.5) is 4.79 Å². The predicted octanol–water partition coefficient (Wildman–Crippen LogP) is 8.33. The minimum absolute atomic E-state index is 0.0203. The van der Waals surface area contributed by atoms with Crippen LogP contribution < -0.4 is 10.6 Å². The number of benzene rings is 3. The van der Waals surface area contributed by atoms with Crippen molar-refractivity contribution in [1.82, 2.24) is 35.5 Å². The summed E-state index contributed by atoms with van der Waals surface area (Å²) in [4.78, 5) is 71.5. The first-order valence-corrected chi connectivity index (χ1v) is 21.4. The van der Waals surface area contributed by atoms with Crippen LogP contribution in [-0.2, 0) is 14.3 Å². The number of carbonyl (C=O) groups is 4. The number of fused-ring (bicyclic) bond motifs is 2. The fourth-order valence-corrected chi connectivity index (χ4v) is 9.81. The summed E-state index contributed by atoms with van der Waals surface area (Å²) in [6.07, 6.45) is 7.81. The molecule has 3 heterocycles. The summed E-state index contributed by atoms with van der Waals surface area (Å²) in [5.74, 6) is 1.60. The third-order valence-corrected chi connectivity index (χ3v) is 13.0. The molecule has 12 nitrogen and oxygen atoms in total. The van der Waals surface area contributed by atoms with Crippen LogP contribution >= 0.6 is 0 Å². The number of Topliss-reactive ketones (excluding diaryl/α,β-unsaturated/α-hetero) is 1. The predicted molar refractivity (Wildman–Crippen MR) is 229 cm³/mol. The first-order valence-electron chi connectivity index (χ1n) is 21.4. The summed E-state index contributed by atoms with van der Waals surface area (Å²) in [5.41, 5.74) is 6.52. The fourth-order valence-electron chi connectivity index (χ4n) is 9.81. The zero-order valence-electron chi connectivity index (χ0n) is 35.0. The molecule has 3 amide bonds. The Hall–Kier alpha value is -6.04. The van der Waals surface area contributed by atoms with E-state index < -0.39 is 18.2 Å². The van der Waals surface area contributed by atoms with Crippen LogP contribution in [0.1, 0.15) is 93.8 Å². The maximum Gasteiger partial charge on any atom is 0.407 e. The van der Waals surface area contributed by atoms with Gasteiger partial charge in [-0.15, -0.1) is 0 Å². The number of likely N-dealkylation sites (tertiary alicyclic amines) is 1. The Balaban J connectivity index is 0.926. The summed E-state index contributed by atoms with van der Waals surface area (Å²) < 4.78 is 4.77. The second-order valence-corrected chi connectivity index (χ2v) is 17.4. The number of ether oxygens (including phenoxy) is 1. The zero-order chi connectivity index (χ0) is 42.1. The van der Waals surface area contributed by atoms with Gasteiger partial charge in [-0.1, -0.05) is 107 Å². The van der Waals surface area contributed by atoms with E-state index in [-0.39, 0.29) is 53.2 Å². The number of carbonyl (C=O) groups excluding carboxylic acids is 4. The van der Waals surface area contributed by atoms with Gasteiger partial charge in [-0.25, -0.2) is 14.8 Å². The molecule has 3 aromatic carbocycles. The number of H-pyrrole nitrogens is 2. The number of alkyl carbamates (subject to hydrolysis) is 1. The van der Waals surface area contributed by atoms with Crippen molar-refractivity contribution in [2.24, 2.45) is 29.6 Å². The van der Waals surface area contributed by atoms with E-state index in [0.717, 1.165) is 77.4 Å². The van der Waals surface area contributed by atoms with Gasteiger partial charge in [0, 0.05) is 18.0 Å². The van der Waals surface area contributed by atoms with Gasteiger partial charge in [-0.2, -0.15) is 0 Å². The minimum Gasteiger partial charge on any atom is -0.453 e. The Morgan fingerprint density at radius 3 is 1.87 bits per heavy atom. The van der Waals surface area contributed by atoms with E-state index in [1.54, 1.807) is 0 Å². The monoisotopic (exact) mass is 809 g/mol. The summed E-state index contributed by atoms with van der Waals surface area (Å²) in [6, 6.07) is 24.4. The molecule has 4 N–H and O–H groups in total. The lowest BCUT2D eigenvalue weighted by Crippen LogP contribution is -2.51. The number of aromatic amines is 2. The number of nitrogens with one attached hydrogen (secondary N) is 4. The molecule has 2 aromatic heterocycles. The molecule has 2 saturated carbocycles. The van der Waals surface area contributed by atoms with Gasteiger partial charge in [-0.05, 0) is 78.0 Å². The van der Waals surface area contributed by atoms with E-state index in [9.17, 15) is 19.2 Å². The number of nitrogens with zero attached hydrogens (tertiary/aromatic N) is 3. The number of aromatic nitrogens is 4. The van der Waals surface area contributed by atoms with Crippen molar-refractivity contribution in [2.75, 3.05) is 13.7 Å². The lowest BCUT2D eigenvalue weighted by Gasteiger charge is -2.31. The molecule has 5 aromatic rings. The molecule has 0 unspecified atom stereocenters. The van der Waals surface area contributed by atoms with Crippen LogP contribution in [0.3, 0.4) is 0 Å². The van der Waals surface area contributed by atoms with Crippen LogP contribution in [0.15, 0.2) is 91.3 Å². The van der Waals surface area contributed by atoms with Crippen molar-refractivity contribution in [2.45, 2.75) is 83.8 Å². The molecule has 3 aliphatic rings. The molecule has 0 spiro atoms. The van der Waals surface area contributed by atoms with Gasteiger partial charge in [0.2, 0.25) is 11.8 Å². The average molecular weight is 810 g/mol. The largest absolute Gasteiger partial charge is 0.453 e. The van der Waals surface area contributed by atoms with Crippen molar-refractivity contribution in [3.8, 4) is 33.6 Å². The van der Waals surface area contributed by atoms with Gasteiger partial charge in [0.05, 0.1) is 48.9 Å². The van der Waals surface area contributed by atoms with Crippen LogP contribution in [0.2, 0.25) is 0 Å². The second kappa shape index (κ2) is 17.3. The van der Waals surface area contributed by atoms with Crippen LogP contribution in [0.25, 0.3) is 33.6 Å². The molecule has 8 rings (SSSR count). The first-order chi connectivity index (χ1) is 29.0. The molecule has 7 atom stereocenters. The van der Waals surface area contributed by atoms with Crippen molar-refractivity contribution < 1.29 is 23.9 Å². The molecule has 312 valence electrons. The Bertz CT molecular complexity index is 2320. The van der Waals surface area contributed by atoms with E-state index in [4.69, 9.17) is 14.7 Å². The van der Waals surface area contributed by atoms with Gasteiger partial charge < -0.3 is 30.2 Å². The third kappa shape index (κ3) is 8.11. The molecule has 2 aliphatic carbocycles. The highest BCUT2D eigenvalue weighted by atomic mass is 16.5. The van der Waals surface area contributed by atoms with Crippen LogP contribution in [0.5, 0.6) is 0 Å². The number of hydrogen-bond donors (Lipinski definition) is 4. The van der Waals surface area contributed by atoms with Crippen LogP contribution in [-0.4, -0.2) is 74.3 Å². The van der Waals surface area contributed by atoms with E-state index in [0.29, 0.717) is 18.0 Å². The number of amides is 3. The standard InChI is InChI=1S/C48H55N7O5/c1-27(2)41(43(56)33-10-7-6-8-11-33)53-46(57)40-35-22-21-34(24-35)39(40)45-50-26-37(52-45)32-19-15-30(16-20-32)29-13-17-31(18-14-29)36-25-49-44(51-36)38-12-9-23-55(38)47(58)42(28(3)4)54-48(59)60-5/h6-8,10-11,13-20,25-28,34-35,38-42H,9,12,21-24H2,1-5H3,(H,49,51)(H,50,52)(H,53,57)(H,54,59)/t34-,35+,38-,39+,40+,41+,42-/m0/s1. The molecule has 3 fully saturated rings. The summed E-state index contributed by atoms with van der Waals surface area (Å²) >= 11 is 0. The smallest absolute Gasteiger partial charge is 0.407 e. The van der Waals surface area contributed by atoms with Gasteiger partial charge in [0.15, 0.2) is 5.78 Å². The summed E-state index contributed by atoms with van der Waals surface area (Å²) in [5, 5.41) is 5.89. The van der Waals surface area contributed by atoms with Crippen molar-refractivity contribution >= 4 is 23.7 Å². The first kappa shape index (κ1) is 40.7. The number of hydrogen-bond acceptors (Lipinski definition) is 7. The van der Waals surface area contributed by atoms with Crippen LogP contribution in [0, 0.1) is 29.6 Å². The maximum atomic E-state index is 14.0. The van der Waals surface area contributed by atoms with Gasteiger partial charge in [-0.3, -0.25) is 14.4 Å². The van der Waals surface area contributed by atoms with Gasteiger partial charge in [0.1, 0.15) is 17.7 Å².